The maximum absolute atomic E-state index is 12.6. The summed E-state index contributed by atoms with van der Waals surface area (Å²) in [6.07, 6.45) is 0.820. The van der Waals surface area contributed by atoms with Gasteiger partial charge in [-0.2, -0.15) is 0 Å². The van der Waals surface area contributed by atoms with E-state index in [2.05, 4.69) is 24.4 Å². The maximum Gasteiger partial charge on any atom is 0.251 e. The lowest BCUT2D eigenvalue weighted by Crippen LogP contribution is -2.28. The molecule has 132 valence electrons. The molecule has 0 aliphatic heterocycles. The van der Waals surface area contributed by atoms with Gasteiger partial charge in [0.2, 0.25) is 0 Å². The molecule has 3 nitrogen and oxygen atoms in total. The van der Waals surface area contributed by atoms with Gasteiger partial charge in [-0.25, -0.2) is 0 Å². The Bertz CT molecular complexity index is 840. The summed E-state index contributed by atoms with van der Waals surface area (Å²) >= 11 is 0. The summed E-state index contributed by atoms with van der Waals surface area (Å²) in [5.41, 5.74) is 3.98. The van der Waals surface area contributed by atoms with E-state index >= 15 is 0 Å². The Morgan fingerprint density at radius 2 is 1.50 bits per heavy atom. The third-order valence-electron chi connectivity index (χ3n) is 4.49. The number of hydrogen-bond donors (Lipinski definition) is 1. The van der Waals surface area contributed by atoms with Crippen molar-refractivity contribution in [3.63, 3.8) is 0 Å². The molecule has 0 aliphatic carbocycles. The second-order valence-electron chi connectivity index (χ2n) is 6.15. The third-order valence-corrected chi connectivity index (χ3v) is 4.49. The Hall–Kier alpha value is -3.07. The molecule has 3 rings (SSSR count). The predicted molar refractivity (Wildman–Crippen MR) is 105 cm³/mol. The van der Waals surface area contributed by atoms with Crippen molar-refractivity contribution in [3.8, 4) is 16.9 Å². The standard InChI is InChI=1S/C23H23NO2/c1-3-22(19-13-15-21(26-2)16-14-19)24-23(25)20-11-9-18(10-12-20)17-7-5-4-6-8-17/h4-16,22H,3H2,1-2H3,(H,24,25)/t22-/m1/s1. The van der Waals surface area contributed by atoms with E-state index < -0.39 is 0 Å². The van der Waals surface area contributed by atoms with Crippen molar-refractivity contribution in [3.05, 3.63) is 90.0 Å². The summed E-state index contributed by atoms with van der Waals surface area (Å²) in [6.45, 7) is 2.06. The van der Waals surface area contributed by atoms with Crippen LogP contribution < -0.4 is 10.1 Å². The number of benzene rings is 3. The Kier molecular flexibility index (Phi) is 5.69. The van der Waals surface area contributed by atoms with E-state index in [0.29, 0.717) is 5.56 Å². The highest BCUT2D eigenvalue weighted by atomic mass is 16.5. The van der Waals surface area contributed by atoms with Crippen molar-refractivity contribution in [2.75, 3.05) is 7.11 Å². The predicted octanol–water partition coefficient (Wildman–Crippen LogP) is 5.24. The van der Waals surface area contributed by atoms with Gasteiger partial charge in [0.15, 0.2) is 0 Å². The smallest absolute Gasteiger partial charge is 0.251 e. The number of rotatable bonds is 6. The lowest BCUT2D eigenvalue weighted by molar-refractivity contribution is 0.0935. The second-order valence-corrected chi connectivity index (χ2v) is 6.15. The minimum atomic E-state index is -0.0627. The van der Waals surface area contributed by atoms with E-state index in [1.165, 1.54) is 0 Å². The Morgan fingerprint density at radius 1 is 0.885 bits per heavy atom. The zero-order valence-corrected chi connectivity index (χ0v) is 15.1. The van der Waals surface area contributed by atoms with Gasteiger partial charge >= 0.3 is 0 Å². The molecule has 3 aromatic rings. The highest BCUT2D eigenvalue weighted by Gasteiger charge is 2.14. The van der Waals surface area contributed by atoms with Crippen LogP contribution in [-0.4, -0.2) is 13.0 Å². The average molecular weight is 345 g/mol. The molecule has 0 aromatic heterocycles. The number of carbonyl (C=O) groups is 1. The lowest BCUT2D eigenvalue weighted by Gasteiger charge is -2.18. The molecule has 1 atom stereocenters. The molecule has 3 heteroatoms. The first-order chi connectivity index (χ1) is 12.7. The maximum atomic E-state index is 12.6. The van der Waals surface area contributed by atoms with Crippen LogP contribution in [0, 0.1) is 0 Å². The van der Waals surface area contributed by atoms with Crippen LogP contribution in [-0.2, 0) is 0 Å². The molecule has 26 heavy (non-hydrogen) atoms. The molecule has 0 unspecified atom stereocenters. The van der Waals surface area contributed by atoms with Crippen LogP contribution in [0.5, 0.6) is 5.75 Å². The lowest BCUT2D eigenvalue weighted by atomic mass is 10.0. The third kappa shape index (κ3) is 4.12. The average Bonchev–Trinajstić information content (AvgIpc) is 2.72. The van der Waals surface area contributed by atoms with Crippen LogP contribution in [0.3, 0.4) is 0 Å². The number of carbonyl (C=O) groups excluding carboxylic acids is 1. The SMILES string of the molecule is CC[C@@H](NC(=O)c1ccc(-c2ccccc2)cc1)c1ccc(OC)cc1. The largest absolute Gasteiger partial charge is 0.497 e. The molecule has 1 amide bonds. The van der Waals surface area contributed by atoms with Gasteiger partial charge in [-0.3, -0.25) is 4.79 Å². The fourth-order valence-corrected chi connectivity index (χ4v) is 2.94. The molecule has 0 heterocycles. The van der Waals surface area contributed by atoms with E-state index in [1.54, 1.807) is 7.11 Å². The molecule has 0 saturated carbocycles. The van der Waals surface area contributed by atoms with Crippen molar-refractivity contribution in [2.45, 2.75) is 19.4 Å². The summed E-state index contributed by atoms with van der Waals surface area (Å²) < 4.78 is 5.19. The quantitative estimate of drug-likeness (QED) is 0.663. The van der Waals surface area contributed by atoms with Gasteiger partial charge in [0, 0.05) is 5.56 Å². The monoisotopic (exact) mass is 345 g/mol. The van der Waals surface area contributed by atoms with Gasteiger partial charge in [0.1, 0.15) is 5.75 Å². The fourth-order valence-electron chi connectivity index (χ4n) is 2.94. The first-order valence-corrected chi connectivity index (χ1v) is 8.81. The molecule has 0 radical (unpaired) electrons. The highest BCUT2D eigenvalue weighted by molar-refractivity contribution is 5.95. The Labute approximate surface area is 154 Å². The van der Waals surface area contributed by atoms with E-state index in [-0.39, 0.29) is 11.9 Å². The van der Waals surface area contributed by atoms with Crippen molar-refractivity contribution in [1.82, 2.24) is 5.32 Å². The molecule has 0 bridgehead atoms. The molecule has 0 fully saturated rings. The van der Waals surface area contributed by atoms with Gasteiger partial charge in [0.05, 0.1) is 13.2 Å². The van der Waals surface area contributed by atoms with Gasteiger partial charge in [-0.15, -0.1) is 0 Å². The summed E-state index contributed by atoms with van der Waals surface area (Å²) in [7, 11) is 1.65. The van der Waals surface area contributed by atoms with Crippen LogP contribution in [0.15, 0.2) is 78.9 Å². The van der Waals surface area contributed by atoms with Crippen LogP contribution in [0.2, 0.25) is 0 Å². The number of nitrogens with one attached hydrogen (secondary N) is 1. The topological polar surface area (TPSA) is 38.3 Å². The molecule has 0 aliphatic rings. The minimum absolute atomic E-state index is 0.0257. The number of ether oxygens (including phenoxy) is 1. The van der Waals surface area contributed by atoms with E-state index in [4.69, 9.17) is 4.74 Å². The van der Waals surface area contributed by atoms with Gasteiger partial charge in [0.25, 0.3) is 5.91 Å². The summed E-state index contributed by atoms with van der Waals surface area (Å²) in [6, 6.07) is 25.6. The van der Waals surface area contributed by atoms with E-state index in [9.17, 15) is 4.79 Å². The molecule has 1 N–H and O–H groups in total. The van der Waals surface area contributed by atoms with Crippen LogP contribution in [0.25, 0.3) is 11.1 Å². The van der Waals surface area contributed by atoms with Crippen LogP contribution in [0.1, 0.15) is 35.3 Å². The first kappa shape index (κ1) is 17.7. The summed E-state index contributed by atoms with van der Waals surface area (Å²) in [4.78, 5) is 12.6. The number of hydrogen-bond acceptors (Lipinski definition) is 2. The second kappa shape index (κ2) is 8.34. The van der Waals surface area contributed by atoms with E-state index in [0.717, 1.165) is 28.9 Å². The molecule has 3 aromatic carbocycles. The van der Waals surface area contributed by atoms with Gasteiger partial charge < -0.3 is 10.1 Å². The van der Waals surface area contributed by atoms with Crippen molar-refractivity contribution < 1.29 is 9.53 Å². The zero-order chi connectivity index (χ0) is 18.4. The van der Waals surface area contributed by atoms with Crippen molar-refractivity contribution >= 4 is 5.91 Å². The van der Waals surface area contributed by atoms with Crippen molar-refractivity contribution in [1.29, 1.82) is 0 Å². The minimum Gasteiger partial charge on any atom is -0.497 e. The first-order valence-electron chi connectivity index (χ1n) is 8.81. The molecule has 0 spiro atoms. The fraction of sp³-hybridized carbons (Fsp3) is 0.174. The van der Waals surface area contributed by atoms with Gasteiger partial charge in [-0.05, 0) is 47.4 Å². The summed E-state index contributed by atoms with van der Waals surface area (Å²) in [5, 5.41) is 3.12. The summed E-state index contributed by atoms with van der Waals surface area (Å²) in [5.74, 6) is 0.749. The molecular formula is C23H23NO2. The normalized spacial score (nSPS) is 11.6. The number of amides is 1. The molecule has 0 saturated heterocycles. The Morgan fingerprint density at radius 3 is 2.08 bits per heavy atom. The number of methoxy groups -OCH3 is 1. The van der Waals surface area contributed by atoms with Crippen molar-refractivity contribution in [2.24, 2.45) is 0 Å². The Balaban J connectivity index is 1.71. The van der Waals surface area contributed by atoms with E-state index in [1.807, 2.05) is 66.7 Å². The van der Waals surface area contributed by atoms with Gasteiger partial charge in [-0.1, -0.05) is 61.5 Å². The highest BCUT2D eigenvalue weighted by Crippen LogP contribution is 2.22. The zero-order valence-electron chi connectivity index (χ0n) is 15.1. The van der Waals surface area contributed by atoms with Crippen LogP contribution >= 0.6 is 0 Å². The molecular weight excluding hydrogens is 322 g/mol. The van der Waals surface area contributed by atoms with Crippen LogP contribution in [0.4, 0.5) is 0 Å².